The zero-order chi connectivity index (χ0) is 14.1. The lowest BCUT2D eigenvalue weighted by Crippen LogP contribution is -2.39. The summed E-state index contributed by atoms with van der Waals surface area (Å²) in [5, 5.41) is 6.68. The molecule has 0 radical (unpaired) electrons. The summed E-state index contributed by atoms with van der Waals surface area (Å²) in [6.45, 7) is 2.02. The van der Waals surface area contributed by atoms with Gasteiger partial charge in [-0.3, -0.25) is 4.79 Å². The van der Waals surface area contributed by atoms with Crippen molar-refractivity contribution in [3.05, 3.63) is 28.2 Å². The number of fused-ring (bicyclic) bond motifs is 2. The molecule has 2 unspecified atom stereocenters. The van der Waals surface area contributed by atoms with Crippen LogP contribution in [0.3, 0.4) is 0 Å². The zero-order valence-electron chi connectivity index (χ0n) is 11.8. The fraction of sp³-hybridized carbons (Fsp3) is 0.562. The van der Waals surface area contributed by atoms with Crippen LogP contribution in [0.25, 0.3) is 0 Å². The molecular weight excluding hydrogens is 316 g/mol. The van der Waals surface area contributed by atoms with Gasteiger partial charge in [-0.15, -0.1) is 0 Å². The molecule has 108 valence electrons. The molecule has 1 amide bonds. The van der Waals surface area contributed by atoms with E-state index in [1.54, 1.807) is 0 Å². The van der Waals surface area contributed by atoms with E-state index in [2.05, 4.69) is 26.6 Å². The second-order valence-electron chi connectivity index (χ2n) is 6.19. The van der Waals surface area contributed by atoms with Crippen molar-refractivity contribution >= 4 is 27.5 Å². The molecule has 3 rings (SSSR count). The Morgan fingerprint density at radius 3 is 2.70 bits per heavy atom. The molecule has 0 saturated carbocycles. The highest BCUT2D eigenvalue weighted by Gasteiger charge is 2.34. The number of rotatable bonds is 3. The van der Waals surface area contributed by atoms with E-state index in [0.717, 1.165) is 28.6 Å². The zero-order valence-corrected chi connectivity index (χ0v) is 13.4. The van der Waals surface area contributed by atoms with E-state index in [1.807, 2.05) is 25.1 Å². The maximum absolute atomic E-state index is 12.2. The molecular formula is C16H21BrN2O. The van der Waals surface area contributed by atoms with E-state index in [1.165, 1.54) is 12.8 Å². The van der Waals surface area contributed by atoms with Crippen molar-refractivity contribution in [2.45, 2.75) is 51.1 Å². The van der Waals surface area contributed by atoms with Crippen molar-refractivity contribution in [1.29, 1.82) is 0 Å². The first-order valence-corrected chi connectivity index (χ1v) is 8.21. The van der Waals surface area contributed by atoms with Gasteiger partial charge in [0, 0.05) is 28.7 Å². The van der Waals surface area contributed by atoms with E-state index < -0.39 is 0 Å². The Hall–Kier alpha value is -0.870. The molecule has 4 heteroatoms. The van der Waals surface area contributed by atoms with Crippen LogP contribution in [0.5, 0.6) is 0 Å². The van der Waals surface area contributed by atoms with Crippen LogP contribution in [0, 0.1) is 12.8 Å². The summed E-state index contributed by atoms with van der Waals surface area (Å²) in [5.41, 5.74) is 2.02. The van der Waals surface area contributed by atoms with Gasteiger partial charge in [-0.05, 0) is 62.3 Å². The van der Waals surface area contributed by atoms with E-state index >= 15 is 0 Å². The first-order chi connectivity index (χ1) is 9.60. The molecule has 0 aromatic heterocycles. The number of hydrogen-bond donors (Lipinski definition) is 2. The highest BCUT2D eigenvalue weighted by atomic mass is 79.9. The van der Waals surface area contributed by atoms with Gasteiger partial charge in [0.25, 0.3) is 0 Å². The first kappa shape index (κ1) is 14.1. The monoisotopic (exact) mass is 336 g/mol. The Morgan fingerprint density at radius 1 is 1.35 bits per heavy atom. The molecule has 3 nitrogen and oxygen atoms in total. The second-order valence-corrected chi connectivity index (χ2v) is 7.10. The molecule has 1 aromatic carbocycles. The number of nitrogens with one attached hydrogen (secondary N) is 2. The van der Waals surface area contributed by atoms with Crippen molar-refractivity contribution in [2.75, 3.05) is 5.32 Å². The lowest BCUT2D eigenvalue weighted by atomic mass is 9.89. The van der Waals surface area contributed by atoms with Crippen LogP contribution in [0.15, 0.2) is 22.7 Å². The number of halogens is 1. The number of benzene rings is 1. The first-order valence-electron chi connectivity index (χ1n) is 7.42. The quantitative estimate of drug-likeness (QED) is 0.885. The molecule has 1 aromatic rings. The fourth-order valence-corrected chi connectivity index (χ4v) is 4.05. The normalized spacial score (nSPS) is 28.4. The van der Waals surface area contributed by atoms with E-state index in [0.29, 0.717) is 24.4 Å². The van der Waals surface area contributed by atoms with Gasteiger partial charge in [0.2, 0.25) is 5.91 Å². The molecule has 0 aliphatic carbocycles. The third-order valence-electron chi connectivity index (χ3n) is 4.51. The Morgan fingerprint density at radius 2 is 2.05 bits per heavy atom. The summed E-state index contributed by atoms with van der Waals surface area (Å²) in [5.74, 6) is 0.700. The molecule has 20 heavy (non-hydrogen) atoms. The van der Waals surface area contributed by atoms with E-state index in [9.17, 15) is 4.79 Å². The van der Waals surface area contributed by atoms with Gasteiger partial charge in [-0.25, -0.2) is 0 Å². The fourth-order valence-electron chi connectivity index (χ4n) is 3.57. The third-order valence-corrected chi connectivity index (χ3v) is 5.00. The summed E-state index contributed by atoms with van der Waals surface area (Å²) in [6.07, 6.45) is 5.54. The van der Waals surface area contributed by atoms with Gasteiger partial charge in [-0.1, -0.05) is 15.9 Å². The number of piperidine rings is 1. The van der Waals surface area contributed by atoms with Gasteiger partial charge in [0.05, 0.1) is 0 Å². The van der Waals surface area contributed by atoms with Crippen molar-refractivity contribution < 1.29 is 4.79 Å². The standard InChI is InChI=1S/C16H21BrN2O/c1-10-6-12(17)2-5-15(10)19-16(20)9-11-7-13-3-4-14(8-11)18-13/h2,5-6,11,13-14,18H,3-4,7-9H2,1H3,(H,19,20). The van der Waals surface area contributed by atoms with Crippen LogP contribution in [-0.2, 0) is 4.79 Å². The van der Waals surface area contributed by atoms with Crippen LogP contribution >= 0.6 is 15.9 Å². The van der Waals surface area contributed by atoms with Crippen LogP contribution in [0.2, 0.25) is 0 Å². The number of carbonyl (C=O) groups is 1. The smallest absolute Gasteiger partial charge is 0.224 e. The van der Waals surface area contributed by atoms with Gasteiger partial charge in [-0.2, -0.15) is 0 Å². The lowest BCUT2D eigenvalue weighted by molar-refractivity contribution is -0.117. The number of hydrogen-bond acceptors (Lipinski definition) is 2. The van der Waals surface area contributed by atoms with Crippen molar-refractivity contribution in [1.82, 2.24) is 5.32 Å². The van der Waals surface area contributed by atoms with Crippen LogP contribution in [0.4, 0.5) is 5.69 Å². The highest BCUT2D eigenvalue weighted by Crippen LogP contribution is 2.33. The van der Waals surface area contributed by atoms with E-state index in [4.69, 9.17) is 0 Å². The Kier molecular flexibility index (Phi) is 4.13. The minimum Gasteiger partial charge on any atom is -0.326 e. The minimum absolute atomic E-state index is 0.154. The molecule has 2 N–H and O–H groups in total. The molecule has 2 saturated heterocycles. The SMILES string of the molecule is Cc1cc(Br)ccc1NC(=O)CC1CC2CCC(C1)N2. The van der Waals surface area contributed by atoms with Gasteiger partial charge >= 0.3 is 0 Å². The van der Waals surface area contributed by atoms with Crippen LogP contribution in [0.1, 0.15) is 37.7 Å². The molecule has 2 atom stereocenters. The Bertz CT molecular complexity index is 505. The average Bonchev–Trinajstić information content (AvgIpc) is 2.72. The maximum Gasteiger partial charge on any atom is 0.224 e. The van der Waals surface area contributed by atoms with E-state index in [-0.39, 0.29) is 5.91 Å². The van der Waals surface area contributed by atoms with Crippen molar-refractivity contribution in [3.63, 3.8) is 0 Å². The summed E-state index contributed by atoms with van der Waals surface area (Å²) in [4.78, 5) is 12.2. The number of anilines is 1. The third kappa shape index (κ3) is 3.23. The predicted octanol–water partition coefficient (Wildman–Crippen LogP) is 3.62. The molecule has 2 bridgehead atoms. The molecule has 2 heterocycles. The second kappa shape index (κ2) is 5.86. The molecule has 2 fully saturated rings. The topological polar surface area (TPSA) is 41.1 Å². The van der Waals surface area contributed by atoms with Crippen LogP contribution < -0.4 is 10.6 Å². The average molecular weight is 337 g/mol. The van der Waals surface area contributed by atoms with Crippen LogP contribution in [-0.4, -0.2) is 18.0 Å². The van der Waals surface area contributed by atoms with Crippen molar-refractivity contribution in [2.24, 2.45) is 5.92 Å². The number of amides is 1. The predicted molar refractivity (Wildman–Crippen MR) is 84.8 cm³/mol. The van der Waals surface area contributed by atoms with Gasteiger partial charge in [0.15, 0.2) is 0 Å². The summed E-state index contributed by atoms with van der Waals surface area (Å²) in [7, 11) is 0. The summed E-state index contributed by atoms with van der Waals surface area (Å²) < 4.78 is 1.04. The minimum atomic E-state index is 0.154. The summed E-state index contributed by atoms with van der Waals surface area (Å²) >= 11 is 3.44. The summed E-state index contributed by atoms with van der Waals surface area (Å²) in [6, 6.07) is 7.26. The molecule has 0 spiro atoms. The number of carbonyl (C=O) groups excluding carboxylic acids is 1. The molecule has 2 aliphatic rings. The largest absolute Gasteiger partial charge is 0.326 e. The van der Waals surface area contributed by atoms with Gasteiger partial charge < -0.3 is 10.6 Å². The Labute approximate surface area is 128 Å². The molecule has 2 aliphatic heterocycles. The highest BCUT2D eigenvalue weighted by molar-refractivity contribution is 9.10. The van der Waals surface area contributed by atoms with Gasteiger partial charge in [0.1, 0.15) is 0 Å². The maximum atomic E-state index is 12.2. The lowest BCUT2D eigenvalue weighted by Gasteiger charge is -2.28. The Balaban J connectivity index is 1.57. The van der Waals surface area contributed by atoms with Crippen molar-refractivity contribution in [3.8, 4) is 0 Å². The number of aryl methyl sites for hydroxylation is 1.